The Morgan fingerprint density at radius 3 is 1.53 bits per heavy atom. The van der Waals surface area contributed by atoms with Crippen LogP contribution in [0.1, 0.15) is 20.8 Å². The summed E-state index contributed by atoms with van der Waals surface area (Å²) >= 11 is 0. The van der Waals surface area contributed by atoms with E-state index >= 15 is 0 Å². The van der Waals surface area contributed by atoms with Crippen molar-refractivity contribution in [2.45, 2.75) is 33.0 Å². The molecule has 0 aliphatic carbocycles. The Morgan fingerprint density at radius 2 is 1.19 bits per heavy atom. The maximum atomic E-state index is 11.3. The summed E-state index contributed by atoms with van der Waals surface area (Å²) in [6.45, 7) is 13.5. The number of aliphatic hydroxyl groups excluding tert-OH is 1. The van der Waals surface area contributed by atoms with E-state index in [1.807, 2.05) is 0 Å². The number of carbonyl (C=O) groups is 5. The van der Waals surface area contributed by atoms with Gasteiger partial charge in [0, 0.05) is 63.5 Å². The number of hydrogen-bond acceptors (Lipinski definition) is 20. The predicted molar refractivity (Wildman–Crippen MR) is 162 cm³/mol. The number of ether oxygens (including phenoxy) is 3. The standard InChI is InChI=1S/C15H24N2O9.C7H10O3.C6H16N2.2CO2.3Na/c1-10(2)15(25)26-9-11(18)5-16(6-12(19)20)3-4-17(7-13(21)22)8-14(23)24;1-5(2)7(8)10-4-6-3-9-6;1-4-7-5-6-8(2)3;2*2-1-3;;;/h11,18H,1,3-9H2,2H3,(H,19,20)(H,21,22)(H,23,24);6H,1,3-4H2,2H3;7H,4-6H2,1-3H3;;;;;/q;;;;;3*+1/p-3. The minimum atomic E-state index is -1.51. The molecule has 1 aliphatic rings. The largest absolute Gasteiger partial charge is 1.00 e. The van der Waals surface area contributed by atoms with Gasteiger partial charge in [-0.2, -0.15) is 19.2 Å². The topological polar surface area (TPSA) is 296 Å². The summed E-state index contributed by atoms with van der Waals surface area (Å²) in [6, 6.07) is 0. The molecule has 1 rings (SSSR count). The molecule has 0 aromatic heterocycles. The van der Waals surface area contributed by atoms with Gasteiger partial charge in [0.05, 0.1) is 24.5 Å². The van der Waals surface area contributed by atoms with Crippen LogP contribution in [0.5, 0.6) is 0 Å². The zero-order valence-corrected chi connectivity index (χ0v) is 38.0. The number of rotatable bonds is 21. The van der Waals surface area contributed by atoms with Gasteiger partial charge in [0.25, 0.3) is 0 Å². The van der Waals surface area contributed by atoms with Crippen LogP contribution in [-0.4, -0.2) is 167 Å². The summed E-state index contributed by atoms with van der Waals surface area (Å²) in [7, 11) is 4.16. The molecule has 0 aromatic carbocycles. The van der Waals surface area contributed by atoms with E-state index in [0.29, 0.717) is 18.8 Å². The second-order valence-corrected chi connectivity index (χ2v) is 10.3. The first-order valence-corrected chi connectivity index (χ1v) is 14.6. The minimum Gasteiger partial charge on any atom is -0.549 e. The zero-order chi connectivity index (χ0) is 39.7. The van der Waals surface area contributed by atoms with Crippen LogP contribution in [0.3, 0.4) is 0 Å². The van der Waals surface area contributed by atoms with Crippen molar-refractivity contribution in [2.24, 2.45) is 0 Å². The van der Waals surface area contributed by atoms with Crippen molar-refractivity contribution in [1.29, 1.82) is 0 Å². The molecule has 20 nitrogen and oxygen atoms in total. The number of nitrogens with zero attached hydrogens (tertiary/aromatic N) is 3. The fraction of sp³-hybridized carbons (Fsp3) is 0.633. The Bertz CT molecular complexity index is 1090. The first kappa shape index (κ1) is 66.2. The summed E-state index contributed by atoms with van der Waals surface area (Å²) in [6.07, 6.45) is -0.586. The Morgan fingerprint density at radius 1 is 0.811 bits per heavy atom. The normalized spacial score (nSPS) is 11.9. The monoisotopic (exact) mass is 788 g/mol. The van der Waals surface area contributed by atoms with Crippen molar-refractivity contribution in [3.63, 3.8) is 0 Å². The van der Waals surface area contributed by atoms with Gasteiger partial charge in [-0.05, 0) is 34.5 Å². The van der Waals surface area contributed by atoms with E-state index in [4.69, 9.17) is 33.4 Å². The molecule has 0 bridgehead atoms. The second-order valence-electron chi connectivity index (χ2n) is 10.3. The summed E-state index contributed by atoms with van der Waals surface area (Å²) in [5, 5.41) is 45.1. The van der Waals surface area contributed by atoms with Gasteiger partial charge in [-0.1, -0.05) is 20.1 Å². The van der Waals surface area contributed by atoms with Crippen LogP contribution in [0.4, 0.5) is 0 Å². The van der Waals surface area contributed by atoms with Gasteiger partial charge in [-0.3, -0.25) is 9.80 Å². The molecule has 0 radical (unpaired) electrons. The molecule has 1 heterocycles. The van der Waals surface area contributed by atoms with Crippen molar-refractivity contribution in [3.05, 3.63) is 24.3 Å². The minimum absolute atomic E-state index is 0. The summed E-state index contributed by atoms with van der Waals surface area (Å²) in [5.74, 6) is -5.53. The van der Waals surface area contributed by atoms with Crippen molar-refractivity contribution < 1.29 is 166 Å². The van der Waals surface area contributed by atoms with Crippen molar-refractivity contribution in [3.8, 4) is 0 Å². The van der Waals surface area contributed by atoms with E-state index in [0.717, 1.165) is 24.5 Å². The smallest absolute Gasteiger partial charge is 0.549 e. The van der Waals surface area contributed by atoms with Crippen molar-refractivity contribution >= 4 is 42.1 Å². The van der Waals surface area contributed by atoms with Crippen LogP contribution in [0.15, 0.2) is 24.3 Å². The third-order valence-corrected chi connectivity index (χ3v) is 5.15. The van der Waals surface area contributed by atoms with E-state index in [9.17, 15) is 44.4 Å². The van der Waals surface area contributed by atoms with Crippen molar-refractivity contribution in [1.82, 2.24) is 20.0 Å². The number of epoxide rings is 1. The van der Waals surface area contributed by atoms with Crippen LogP contribution < -0.4 is 109 Å². The van der Waals surface area contributed by atoms with E-state index < -0.39 is 56.2 Å². The van der Waals surface area contributed by atoms with E-state index in [2.05, 4.69) is 44.4 Å². The first-order valence-electron chi connectivity index (χ1n) is 14.6. The van der Waals surface area contributed by atoms with Gasteiger partial charge in [0.1, 0.15) is 25.4 Å². The SMILES string of the molecule is C=C(C)C(=O)OCC(O)CN(CCN(CC(=O)[O-])CC(=O)[O-])CC(=O)[O-].C=C(C)C(=O)OCC1CO1.CCNCCN(C)C.O=C=O.O=C=O.[Na+].[Na+].[Na+]. The second kappa shape index (κ2) is 44.7. The van der Waals surface area contributed by atoms with Gasteiger partial charge in [0.15, 0.2) is 0 Å². The molecule has 0 aromatic rings. The third kappa shape index (κ3) is 57.2. The van der Waals surface area contributed by atoms with E-state index in [-0.39, 0.29) is 138 Å². The van der Waals surface area contributed by atoms with Crippen LogP contribution in [-0.2, 0) is 57.4 Å². The Labute approximate surface area is 375 Å². The number of nitrogens with one attached hydrogen (secondary N) is 1. The molecule has 0 amide bonds. The number of carboxylic acid groups (broad SMARTS) is 3. The number of hydrogen-bond donors (Lipinski definition) is 2. The molecule has 1 fully saturated rings. The van der Waals surface area contributed by atoms with Crippen LogP contribution in [0.2, 0.25) is 0 Å². The maximum absolute atomic E-state index is 11.3. The molecule has 0 spiro atoms. The van der Waals surface area contributed by atoms with Crippen molar-refractivity contribution in [2.75, 3.05) is 92.8 Å². The van der Waals surface area contributed by atoms with Gasteiger partial charge in [0.2, 0.25) is 0 Å². The summed E-state index contributed by atoms with van der Waals surface area (Å²) in [4.78, 5) is 90.8. The number of aliphatic carboxylic acids is 3. The number of likely N-dealkylation sites (N-methyl/N-ethyl adjacent to an activating group) is 2. The van der Waals surface area contributed by atoms with Gasteiger partial charge in [-0.15, -0.1) is 0 Å². The molecule has 2 N–H and O–H groups in total. The van der Waals surface area contributed by atoms with Gasteiger partial charge < -0.3 is 59.2 Å². The molecule has 23 heteroatoms. The number of aliphatic hydroxyl groups is 1. The molecular weight excluding hydrogens is 741 g/mol. The Hall–Kier alpha value is -1.65. The van der Waals surface area contributed by atoms with Gasteiger partial charge in [-0.25, -0.2) is 9.59 Å². The fourth-order valence-corrected chi connectivity index (χ4v) is 2.86. The molecule has 1 saturated heterocycles. The van der Waals surface area contributed by atoms with E-state index in [1.165, 1.54) is 11.8 Å². The zero-order valence-electron chi connectivity index (χ0n) is 32.0. The molecule has 2 atom stereocenters. The van der Waals surface area contributed by atoms with Crippen LogP contribution in [0, 0.1) is 0 Å². The summed E-state index contributed by atoms with van der Waals surface area (Å²) in [5.41, 5.74) is 0.560. The quantitative estimate of drug-likeness (QED) is 0.0359. The average Bonchev–Trinajstić information content (AvgIpc) is 3.82. The molecule has 53 heavy (non-hydrogen) atoms. The van der Waals surface area contributed by atoms with Gasteiger partial charge >= 0.3 is 113 Å². The Kier molecular flexibility index (Phi) is 55.9. The third-order valence-electron chi connectivity index (χ3n) is 5.15. The average molecular weight is 789 g/mol. The predicted octanol–water partition coefficient (Wildman–Crippen LogP) is -15.2. The maximum Gasteiger partial charge on any atom is 1.00 e. The molecule has 0 saturated carbocycles. The summed E-state index contributed by atoms with van der Waals surface area (Å²) < 4.78 is 14.3. The molecular formula is C30H47N4Na3O16. The molecule has 1 aliphatic heterocycles. The van der Waals surface area contributed by atoms with E-state index in [1.54, 1.807) is 6.92 Å². The number of carbonyl (C=O) groups excluding carboxylic acids is 9. The Balaban J connectivity index is -0.000000128. The first-order chi connectivity index (χ1) is 23.3. The fourth-order valence-electron chi connectivity index (χ4n) is 2.86. The van der Waals surface area contributed by atoms with Crippen LogP contribution >= 0.6 is 0 Å². The molecule has 286 valence electrons. The van der Waals surface area contributed by atoms with Crippen LogP contribution in [0.25, 0.3) is 0 Å². The number of carboxylic acids is 3. The number of esters is 2. The molecule has 2 unspecified atom stereocenters.